The van der Waals surface area contributed by atoms with Crippen LogP contribution < -0.4 is 5.73 Å². The summed E-state index contributed by atoms with van der Waals surface area (Å²) in [4.78, 5) is 4.38. The van der Waals surface area contributed by atoms with Crippen molar-refractivity contribution in [1.29, 1.82) is 0 Å². The molecule has 1 aromatic rings. The number of nitrogens with zero attached hydrogens (tertiary/aromatic N) is 1. The molecule has 0 radical (unpaired) electrons. The fourth-order valence-electron chi connectivity index (χ4n) is 1.43. The Kier molecular flexibility index (Phi) is 6.74. The van der Waals surface area contributed by atoms with E-state index in [1.807, 2.05) is 42.1 Å². The van der Waals surface area contributed by atoms with Crippen LogP contribution in [0.25, 0.3) is 0 Å². The molecule has 0 atom stereocenters. The third kappa shape index (κ3) is 5.21. The van der Waals surface area contributed by atoms with E-state index in [9.17, 15) is 0 Å². The summed E-state index contributed by atoms with van der Waals surface area (Å²) in [6.45, 7) is 0.842. The highest BCUT2D eigenvalue weighted by molar-refractivity contribution is 7.98. The maximum absolute atomic E-state index is 5.88. The smallest absolute Gasteiger partial charge is 0.125 e. The summed E-state index contributed by atoms with van der Waals surface area (Å²) >= 11 is 1.90. The molecule has 0 saturated carbocycles. The molecular weight excluding hydrogens is 216 g/mol. The van der Waals surface area contributed by atoms with Gasteiger partial charge in [-0.15, -0.1) is 0 Å². The Morgan fingerprint density at radius 3 is 2.62 bits per heavy atom. The minimum absolute atomic E-state index is 0.658. The third-order valence-corrected chi connectivity index (χ3v) is 3.06. The van der Waals surface area contributed by atoms with Gasteiger partial charge in [-0.25, -0.2) is 0 Å². The highest BCUT2D eigenvalue weighted by Crippen LogP contribution is 2.03. The van der Waals surface area contributed by atoms with Gasteiger partial charge in [0.2, 0.25) is 0 Å². The molecule has 0 spiro atoms. The quantitative estimate of drug-likeness (QED) is 0.449. The van der Waals surface area contributed by atoms with Crippen LogP contribution in [0.3, 0.4) is 0 Å². The normalized spacial score (nSPS) is 11.7. The predicted octanol–water partition coefficient (Wildman–Crippen LogP) is 2.93. The number of aliphatic imine (C=N–C) groups is 1. The Morgan fingerprint density at radius 2 is 1.94 bits per heavy atom. The number of unbranched alkanes of at least 4 members (excludes halogenated alkanes) is 2. The first-order chi connectivity index (χ1) is 7.84. The standard InChI is InChI=1S/C13H20N2S/c1-16-11-7-3-6-10-15-13(14)12-8-4-2-5-9-12/h2,4-5,8-9H,3,6-7,10-11H2,1H3,(H2,14,15). The van der Waals surface area contributed by atoms with E-state index in [-0.39, 0.29) is 0 Å². The van der Waals surface area contributed by atoms with Gasteiger partial charge in [-0.05, 0) is 24.9 Å². The van der Waals surface area contributed by atoms with Crippen LogP contribution >= 0.6 is 11.8 Å². The summed E-state index contributed by atoms with van der Waals surface area (Å²) in [5.74, 6) is 1.91. The van der Waals surface area contributed by atoms with Crippen molar-refractivity contribution < 1.29 is 0 Å². The van der Waals surface area contributed by atoms with E-state index < -0.39 is 0 Å². The van der Waals surface area contributed by atoms with Crippen molar-refractivity contribution in [2.24, 2.45) is 10.7 Å². The van der Waals surface area contributed by atoms with Crippen LogP contribution in [0.4, 0.5) is 0 Å². The van der Waals surface area contributed by atoms with Crippen LogP contribution in [0.5, 0.6) is 0 Å². The fraction of sp³-hybridized carbons (Fsp3) is 0.462. The van der Waals surface area contributed by atoms with Crippen molar-refractivity contribution in [2.45, 2.75) is 19.3 Å². The Hall–Kier alpha value is -0.960. The second-order valence-electron chi connectivity index (χ2n) is 3.69. The fourth-order valence-corrected chi connectivity index (χ4v) is 1.93. The van der Waals surface area contributed by atoms with E-state index in [1.165, 1.54) is 18.6 Å². The van der Waals surface area contributed by atoms with Gasteiger partial charge >= 0.3 is 0 Å². The van der Waals surface area contributed by atoms with Gasteiger partial charge in [0.15, 0.2) is 0 Å². The first-order valence-corrected chi connectivity index (χ1v) is 7.08. The van der Waals surface area contributed by atoms with E-state index in [0.717, 1.165) is 18.5 Å². The average molecular weight is 236 g/mol. The number of thioether (sulfide) groups is 1. The monoisotopic (exact) mass is 236 g/mol. The molecule has 2 nitrogen and oxygen atoms in total. The molecule has 0 bridgehead atoms. The molecule has 88 valence electrons. The Bertz CT molecular complexity index is 309. The molecule has 0 heterocycles. The molecule has 0 aliphatic heterocycles. The molecule has 1 rings (SSSR count). The Balaban J connectivity index is 2.24. The maximum atomic E-state index is 5.88. The van der Waals surface area contributed by atoms with E-state index in [0.29, 0.717) is 5.84 Å². The van der Waals surface area contributed by atoms with Crippen LogP contribution in [0, 0.1) is 0 Å². The zero-order chi connectivity index (χ0) is 11.6. The second-order valence-corrected chi connectivity index (χ2v) is 4.67. The minimum Gasteiger partial charge on any atom is -0.384 e. The van der Waals surface area contributed by atoms with Gasteiger partial charge in [0.25, 0.3) is 0 Å². The largest absolute Gasteiger partial charge is 0.384 e. The molecule has 0 aliphatic rings. The van der Waals surface area contributed by atoms with Crippen molar-refractivity contribution in [1.82, 2.24) is 0 Å². The lowest BCUT2D eigenvalue weighted by Gasteiger charge is -2.01. The second kappa shape index (κ2) is 8.22. The van der Waals surface area contributed by atoms with Crippen LogP contribution in [0.1, 0.15) is 24.8 Å². The lowest BCUT2D eigenvalue weighted by molar-refractivity contribution is 0.733. The minimum atomic E-state index is 0.658. The van der Waals surface area contributed by atoms with Gasteiger partial charge in [0, 0.05) is 12.1 Å². The highest BCUT2D eigenvalue weighted by atomic mass is 32.2. The van der Waals surface area contributed by atoms with Crippen LogP contribution in [-0.4, -0.2) is 24.4 Å². The van der Waals surface area contributed by atoms with Gasteiger partial charge in [-0.1, -0.05) is 36.8 Å². The van der Waals surface area contributed by atoms with Gasteiger partial charge in [-0.2, -0.15) is 11.8 Å². The van der Waals surface area contributed by atoms with Crippen molar-refractivity contribution in [3.63, 3.8) is 0 Å². The zero-order valence-corrected chi connectivity index (χ0v) is 10.7. The molecule has 2 N–H and O–H groups in total. The molecule has 0 saturated heterocycles. The number of rotatable bonds is 7. The maximum Gasteiger partial charge on any atom is 0.125 e. The average Bonchev–Trinajstić information content (AvgIpc) is 2.34. The zero-order valence-electron chi connectivity index (χ0n) is 9.86. The van der Waals surface area contributed by atoms with Gasteiger partial charge < -0.3 is 5.73 Å². The molecular formula is C13H20N2S. The van der Waals surface area contributed by atoms with Crippen LogP contribution in [0.15, 0.2) is 35.3 Å². The van der Waals surface area contributed by atoms with Crippen molar-refractivity contribution in [3.05, 3.63) is 35.9 Å². The third-order valence-electron chi connectivity index (χ3n) is 2.36. The van der Waals surface area contributed by atoms with Crippen LogP contribution in [-0.2, 0) is 0 Å². The SMILES string of the molecule is CSCCCCCN=C(N)c1ccccc1. The predicted molar refractivity (Wildman–Crippen MR) is 74.3 cm³/mol. The van der Waals surface area contributed by atoms with Crippen molar-refractivity contribution >= 4 is 17.6 Å². The van der Waals surface area contributed by atoms with Gasteiger partial charge in [0.05, 0.1) is 0 Å². The molecule has 0 aliphatic carbocycles. The van der Waals surface area contributed by atoms with Gasteiger partial charge in [0.1, 0.15) is 5.84 Å². The number of amidine groups is 1. The molecule has 3 heteroatoms. The molecule has 0 aromatic heterocycles. The van der Waals surface area contributed by atoms with Gasteiger partial charge in [-0.3, -0.25) is 4.99 Å². The van der Waals surface area contributed by atoms with Crippen molar-refractivity contribution in [3.8, 4) is 0 Å². The summed E-state index contributed by atoms with van der Waals surface area (Å²) in [6.07, 6.45) is 5.80. The summed E-state index contributed by atoms with van der Waals surface area (Å²) in [6, 6.07) is 9.94. The highest BCUT2D eigenvalue weighted by Gasteiger charge is 1.95. The summed E-state index contributed by atoms with van der Waals surface area (Å²) in [7, 11) is 0. The number of nitrogens with two attached hydrogens (primary N) is 1. The van der Waals surface area contributed by atoms with E-state index in [2.05, 4.69) is 11.2 Å². The summed E-state index contributed by atoms with van der Waals surface area (Å²) in [5, 5.41) is 0. The lowest BCUT2D eigenvalue weighted by atomic mass is 10.2. The topological polar surface area (TPSA) is 38.4 Å². The number of benzene rings is 1. The Morgan fingerprint density at radius 1 is 1.19 bits per heavy atom. The van der Waals surface area contributed by atoms with Crippen molar-refractivity contribution in [2.75, 3.05) is 18.6 Å². The van der Waals surface area contributed by atoms with E-state index in [1.54, 1.807) is 0 Å². The molecule has 0 unspecified atom stereocenters. The number of hydrogen-bond acceptors (Lipinski definition) is 2. The molecule has 16 heavy (non-hydrogen) atoms. The molecule has 0 fully saturated rings. The first-order valence-electron chi connectivity index (χ1n) is 5.69. The van der Waals surface area contributed by atoms with E-state index in [4.69, 9.17) is 5.73 Å². The first kappa shape index (κ1) is 13.1. The van der Waals surface area contributed by atoms with Crippen LogP contribution in [0.2, 0.25) is 0 Å². The Labute approximate surface area is 102 Å². The lowest BCUT2D eigenvalue weighted by Crippen LogP contribution is -2.13. The molecule has 1 aromatic carbocycles. The summed E-state index contributed by atoms with van der Waals surface area (Å²) in [5.41, 5.74) is 6.90. The molecule has 0 amide bonds. The van der Waals surface area contributed by atoms with E-state index >= 15 is 0 Å². The summed E-state index contributed by atoms with van der Waals surface area (Å²) < 4.78 is 0. The number of hydrogen-bond donors (Lipinski definition) is 1.